The van der Waals surface area contributed by atoms with Crippen LogP contribution in [0.15, 0.2) is 72.9 Å². The lowest BCUT2D eigenvalue weighted by atomic mass is 10.1. The van der Waals surface area contributed by atoms with Gasteiger partial charge in [0.1, 0.15) is 18.2 Å². The van der Waals surface area contributed by atoms with Crippen LogP contribution in [0.2, 0.25) is 5.02 Å². The van der Waals surface area contributed by atoms with Crippen molar-refractivity contribution >= 4 is 23.1 Å². The lowest BCUT2D eigenvalue weighted by molar-refractivity contribution is 0.104. The van der Waals surface area contributed by atoms with E-state index in [1.807, 2.05) is 32.0 Å². The number of anilines is 1. The van der Waals surface area contributed by atoms with Crippen molar-refractivity contribution in [1.82, 2.24) is 0 Å². The highest BCUT2D eigenvalue weighted by Gasteiger charge is 2.08. The van der Waals surface area contributed by atoms with Gasteiger partial charge in [-0.1, -0.05) is 29.8 Å². The number of carbonyl (C=O) groups excluding carboxylic acids is 1. The molecule has 3 nitrogen and oxygen atoms in total. The molecule has 3 aromatic rings. The lowest BCUT2D eigenvalue weighted by Gasteiger charge is -2.09. The molecule has 3 rings (SSSR count). The SMILES string of the molecule is Cc1ccc(C)c(NC=CC(=O)c2ccc(OCc3c(F)cccc3Cl)cc2)c1. The number of hydrogen-bond acceptors (Lipinski definition) is 3. The molecule has 0 heterocycles. The van der Waals surface area contributed by atoms with Gasteiger partial charge in [0.25, 0.3) is 0 Å². The van der Waals surface area contributed by atoms with Gasteiger partial charge in [-0.15, -0.1) is 0 Å². The third-order valence-electron chi connectivity index (χ3n) is 4.45. The van der Waals surface area contributed by atoms with Gasteiger partial charge in [-0.25, -0.2) is 4.39 Å². The molecule has 0 aliphatic rings. The minimum absolute atomic E-state index is 0.0124. The van der Waals surface area contributed by atoms with E-state index < -0.39 is 5.82 Å². The number of halogens is 2. The van der Waals surface area contributed by atoms with Crippen molar-refractivity contribution in [2.75, 3.05) is 5.32 Å². The Labute approximate surface area is 174 Å². The second kappa shape index (κ2) is 9.39. The summed E-state index contributed by atoms with van der Waals surface area (Å²) in [7, 11) is 0. The van der Waals surface area contributed by atoms with Crippen LogP contribution in [0.4, 0.5) is 10.1 Å². The average molecular weight is 410 g/mol. The van der Waals surface area contributed by atoms with Crippen LogP contribution < -0.4 is 10.1 Å². The fraction of sp³-hybridized carbons (Fsp3) is 0.125. The minimum Gasteiger partial charge on any atom is -0.489 e. The first-order valence-electron chi connectivity index (χ1n) is 9.14. The Kier molecular flexibility index (Phi) is 6.68. The molecule has 0 saturated heterocycles. The van der Waals surface area contributed by atoms with Crippen LogP contribution in [-0.4, -0.2) is 5.78 Å². The number of ether oxygens (including phenoxy) is 1. The zero-order valence-corrected chi connectivity index (χ0v) is 17.0. The highest BCUT2D eigenvalue weighted by Crippen LogP contribution is 2.22. The van der Waals surface area contributed by atoms with E-state index in [1.165, 1.54) is 12.1 Å². The number of aryl methyl sites for hydroxylation is 2. The third kappa shape index (κ3) is 5.46. The lowest BCUT2D eigenvalue weighted by Crippen LogP contribution is -2.00. The minimum atomic E-state index is -0.411. The summed E-state index contributed by atoms with van der Waals surface area (Å²) in [5.74, 6) is -0.0179. The molecule has 5 heteroatoms. The van der Waals surface area contributed by atoms with Crippen molar-refractivity contribution in [3.05, 3.63) is 106 Å². The van der Waals surface area contributed by atoms with Crippen LogP contribution in [0.25, 0.3) is 0 Å². The van der Waals surface area contributed by atoms with Crippen LogP contribution in [-0.2, 0) is 6.61 Å². The highest BCUT2D eigenvalue weighted by molar-refractivity contribution is 6.31. The highest BCUT2D eigenvalue weighted by atomic mass is 35.5. The number of rotatable bonds is 7. The largest absolute Gasteiger partial charge is 0.489 e. The third-order valence-corrected chi connectivity index (χ3v) is 4.80. The molecule has 0 aliphatic heterocycles. The van der Waals surface area contributed by atoms with Gasteiger partial charge in [-0.3, -0.25) is 4.79 Å². The van der Waals surface area contributed by atoms with Crippen LogP contribution >= 0.6 is 11.6 Å². The molecule has 0 bridgehead atoms. The number of hydrogen-bond donors (Lipinski definition) is 1. The maximum atomic E-state index is 13.8. The van der Waals surface area contributed by atoms with Gasteiger partial charge in [-0.2, -0.15) is 0 Å². The monoisotopic (exact) mass is 409 g/mol. The van der Waals surface area contributed by atoms with Crippen molar-refractivity contribution < 1.29 is 13.9 Å². The summed E-state index contributed by atoms with van der Waals surface area (Å²) in [6.45, 7) is 4.03. The summed E-state index contributed by atoms with van der Waals surface area (Å²) < 4.78 is 19.4. The van der Waals surface area contributed by atoms with Crippen LogP contribution in [0.3, 0.4) is 0 Å². The fourth-order valence-electron chi connectivity index (χ4n) is 2.74. The maximum Gasteiger partial charge on any atom is 0.187 e. The predicted molar refractivity (Wildman–Crippen MR) is 115 cm³/mol. The van der Waals surface area contributed by atoms with Gasteiger partial charge in [0.15, 0.2) is 5.78 Å². The Hall–Kier alpha value is -3.11. The molecule has 29 heavy (non-hydrogen) atoms. The van der Waals surface area contributed by atoms with E-state index >= 15 is 0 Å². The first-order valence-corrected chi connectivity index (χ1v) is 9.52. The zero-order valence-electron chi connectivity index (χ0n) is 16.2. The second-order valence-electron chi connectivity index (χ2n) is 6.67. The summed E-state index contributed by atoms with van der Waals surface area (Å²) in [6, 6.07) is 17.3. The number of nitrogens with one attached hydrogen (secondary N) is 1. The fourth-order valence-corrected chi connectivity index (χ4v) is 2.95. The molecule has 0 aromatic heterocycles. The molecule has 3 aromatic carbocycles. The average Bonchev–Trinajstić information content (AvgIpc) is 2.70. The summed E-state index contributed by atoms with van der Waals surface area (Å²) in [4.78, 5) is 12.3. The molecule has 0 saturated carbocycles. The van der Waals surface area contributed by atoms with Crippen molar-refractivity contribution in [3.63, 3.8) is 0 Å². The van der Waals surface area contributed by atoms with Crippen LogP contribution in [0.1, 0.15) is 27.0 Å². The first-order chi connectivity index (χ1) is 13.9. The van der Waals surface area contributed by atoms with E-state index in [0.717, 1.165) is 16.8 Å². The summed E-state index contributed by atoms with van der Waals surface area (Å²) in [6.07, 6.45) is 3.12. The smallest absolute Gasteiger partial charge is 0.187 e. The normalized spacial score (nSPS) is 10.9. The summed E-state index contributed by atoms with van der Waals surface area (Å²) in [5.41, 5.74) is 4.04. The van der Waals surface area contributed by atoms with Crippen molar-refractivity contribution in [1.29, 1.82) is 0 Å². The molecule has 1 N–H and O–H groups in total. The number of carbonyl (C=O) groups is 1. The van der Waals surface area contributed by atoms with Crippen molar-refractivity contribution in [2.24, 2.45) is 0 Å². The van der Waals surface area contributed by atoms with E-state index in [0.29, 0.717) is 21.9 Å². The Balaban J connectivity index is 1.59. The molecule has 0 atom stereocenters. The summed E-state index contributed by atoms with van der Waals surface area (Å²) in [5, 5.41) is 3.46. The molecule has 148 valence electrons. The van der Waals surface area contributed by atoms with E-state index in [1.54, 1.807) is 42.6 Å². The van der Waals surface area contributed by atoms with Crippen molar-refractivity contribution in [3.8, 4) is 5.75 Å². The topological polar surface area (TPSA) is 38.3 Å². The molecule has 0 spiro atoms. The van der Waals surface area contributed by atoms with Gasteiger partial charge in [-0.05, 0) is 67.4 Å². The standard InChI is InChI=1S/C24H21ClFNO2/c1-16-6-7-17(2)23(14-16)27-13-12-24(28)18-8-10-19(11-9-18)29-15-20-21(25)4-3-5-22(20)26/h3-14,27H,15H2,1-2H3. The van der Waals surface area contributed by atoms with E-state index in [9.17, 15) is 9.18 Å². The maximum absolute atomic E-state index is 13.8. The molecule has 0 fully saturated rings. The van der Waals surface area contributed by atoms with E-state index in [4.69, 9.17) is 16.3 Å². The van der Waals surface area contributed by atoms with Crippen LogP contribution in [0, 0.1) is 19.7 Å². The Morgan fingerprint density at radius 1 is 1.10 bits per heavy atom. The van der Waals surface area contributed by atoms with E-state index in [-0.39, 0.29) is 12.4 Å². The molecular formula is C24H21ClFNO2. The molecule has 0 aliphatic carbocycles. The first kappa shape index (κ1) is 20.6. The van der Waals surface area contributed by atoms with E-state index in [2.05, 4.69) is 5.32 Å². The Morgan fingerprint density at radius 2 is 1.86 bits per heavy atom. The molecule has 0 amide bonds. The molecular weight excluding hydrogens is 389 g/mol. The number of ketones is 1. The van der Waals surface area contributed by atoms with Gasteiger partial charge in [0, 0.05) is 29.1 Å². The molecule has 0 radical (unpaired) electrons. The molecule has 0 unspecified atom stereocenters. The quantitative estimate of drug-likeness (QED) is 0.358. The summed E-state index contributed by atoms with van der Waals surface area (Å²) >= 11 is 6.00. The second-order valence-corrected chi connectivity index (χ2v) is 7.08. The Morgan fingerprint density at radius 3 is 2.59 bits per heavy atom. The van der Waals surface area contributed by atoms with Gasteiger partial charge in [0.05, 0.1) is 5.02 Å². The van der Waals surface area contributed by atoms with Crippen molar-refractivity contribution in [2.45, 2.75) is 20.5 Å². The van der Waals surface area contributed by atoms with Gasteiger partial charge >= 0.3 is 0 Å². The zero-order chi connectivity index (χ0) is 20.8. The number of benzene rings is 3. The van der Waals surface area contributed by atoms with Gasteiger partial charge in [0.2, 0.25) is 0 Å². The number of allylic oxidation sites excluding steroid dienone is 1. The predicted octanol–water partition coefficient (Wildman–Crippen LogP) is 6.48. The van der Waals surface area contributed by atoms with Gasteiger partial charge < -0.3 is 10.1 Å². The van der Waals surface area contributed by atoms with Crippen LogP contribution in [0.5, 0.6) is 5.75 Å². The Bertz CT molecular complexity index is 1020.